The molecular formula is C26H20ClN3S. The minimum absolute atomic E-state index is 0.715. The maximum absolute atomic E-state index is 6.11. The van der Waals surface area contributed by atoms with E-state index in [4.69, 9.17) is 11.6 Å². The van der Waals surface area contributed by atoms with Crippen LogP contribution in [0.5, 0.6) is 0 Å². The maximum atomic E-state index is 6.11. The number of nitrogens with zero attached hydrogens (tertiary/aromatic N) is 3. The molecule has 0 aliphatic heterocycles. The molecule has 0 saturated heterocycles. The number of thioether (sulfide) groups is 1. The number of fused-ring (bicyclic) bond motifs is 1. The molecule has 0 atom stereocenters. The van der Waals surface area contributed by atoms with Crippen LogP contribution < -0.4 is 0 Å². The lowest BCUT2D eigenvalue weighted by atomic mass is 10.1. The van der Waals surface area contributed by atoms with E-state index >= 15 is 0 Å². The zero-order chi connectivity index (χ0) is 21.2. The van der Waals surface area contributed by atoms with E-state index in [1.165, 1.54) is 11.1 Å². The molecule has 31 heavy (non-hydrogen) atoms. The van der Waals surface area contributed by atoms with Gasteiger partial charge in [0.15, 0.2) is 0 Å². The van der Waals surface area contributed by atoms with Crippen molar-refractivity contribution in [3.05, 3.63) is 108 Å². The highest BCUT2D eigenvalue weighted by atomic mass is 35.5. The number of benzene rings is 3. The van der Waals surface area contributed by atoms with E-state index in [0.717, 1.165) is 38.6 Å². The van der Waals surface area contributed by atoms with Crippen LogP contribution in [0.15, 0.2) is 96.4 Å². The van der Waals surface area contributed by atoms with Gasteiger partial charge in [0.05, 0.1) is 5.39 Å². The largest absolute Gasteiger partial charge is 0.301 e. The molecule has 0 aliphatic carbocycles. The minimum atomic E-state index is 0.715. The summed E-state index contributed by atoms with van der Waals surface area (Å²) in [5, 5.41) is 2.77. The predicted octanol–water partition coefficient (Wildman–Crippen LogP) is 7.34. The number of halogens is 1. The first-order chi connectivity index (χ1) is 15.2. The van der Waals surface area contributed by atoms with Crippen molar-refractivity contribution >= 4 is 34.4 Å². The Kier molecular flexibility index (Phi) is 5.49. The summed E-state index contributed by atoms with van der Waals surface area (Å²) in [6, 6.07) is 26.9. The molecule has 0 unspecified atom stereocenters. The van der Waals surface area contributed by atoms with E-state index in [2.05, 4.69) is 76.2 Å². The summed E-state index contributed by atoms with van der Waals surface area (Å²) in [6.07, 6.45) is 3.80. The molecule has 0 N–H and O–H groups in total. The van der Waals surface area contributed by atoms with Crippen molar-refractivity contribution in [1.29, 1.82) is 0 Å². The van der Waals surface area contributed by atoms with Crippen LogP contribution >= 0.6 is 23.4 Å². The highest BCUT2D eigenvalue weighted by Crippen LogP contribution is 2.37. The highest BCUT2D eigenvalue weighted by Gasteiger charge is 2.17. The normalized spacial score (nSPS) is 11.2. The molecule has 0 amide bonds. The van der Waals surface area contributed by atoms with Gasteiger partial charge >= 0.3 is 0 Å². The summed E-state index contributed by atoms with van der Waals surface area (Å²) in [5.41, 5.74) is 6.72. The molecule has 5 aromatic rings. The Morgan fingerprint density at radius 2 is 1.61 bits per heavy atom. The average Bonchev–Trinajstić information content (AvgIpc) is 3.20. The Morgan fingerprint density at radius 1 is 0.871 bits per heavy atom. The van der Waals surface area contributed by atoms with Crippen molar-refractivity contribution < 1.29 is 0 Å². The van der Waals surface area contributed by atoms with Crippen molar-refractivity contribution in [2.24, 2.45) is 0 Å². The summed E-state index contributed by atoms with van der Waals surface area (Å²) in [5.74, 6) is 0.854. The Hall–Kier alpha value is -3.08. The smallest absolute Gasteiger partial charge is 0.149 e. The van der Waals surface area contributed by atoms with Crippen LogP contribution in [0.1, 0.15) is 11.1 Å². The average molecular weight is 442 g/mol. The molecule has 0 saturated carbocycles. The van der Waals surface area contributed by atoms with Crippen LogP contribution in [0.4, 0.5) is 0 Å². The molecule has 0 spiro atoms. The van der Waals surface area contributed by atoms with Crippen molar-refractivity contribution in [2.45, 2.75) is 17.7 Å². The molecule has 152 valence electrons. The van der Waals surface area contributed by atoms with Gasteiger partial charge in [-0.2, -0.15) is 0 Å². The quantitative estimate of drug-likeness (QED) is 0.211. The van der Waals surface area contributed by atoms with E-state index < -0.39 is 0 Å². The molecule has 0 fully saturated rings. The molecule has 3 aromatic carbocycles. The SMILES string of the molecule is Cc1ccc(CSc2ncnc3c2c(-c2ccccc2)cn3-c2ccc(Cl)cc2)cc1. The number of aryl methyl sites for hydroxylation is 1. The first kappa shape index (κ1) is 19.9. The lowest BCUT2D eigenvalue weighted by Crippen LogP contribution is -1.94. The number of hydrogen-bond donors (Lipinski definition) is 0. The van der Waals surface area contributed by atoms with E-state index in [9.17, 15) is 0 Å². The second kappa shape index (κ2) is 8.58. The number of hydrogen-bond acceptors (Lipinski definition) is 3. The van der Waals surface area contributed by atoms with Crippen LogP contribution in [0.2, 0.25) is 5.02 Å². The fourth-order valence-electron chi connectivity index (χ4n) is 3.61. The van der Waals surface area contributed by atoms with Crippen molar-refractivity contribution in [1.82, 2.24) is 14.5 Å². The first-order valence-electron chi connectivity index (χ1n) is 10.0. The Bertz CT molecular complexity index is 1330. The fourth-order valence-corrected chi connectivity index (χ4v) is 4.70. The third-order valence-corrected chi connectivity index (χ3v) is 6.55. The van der Waals surface area contributed by atoms with E-state index in [-0.39, 0.29) is 0 Å². The van der Waals surface area contributed by atoms with Crippen molar-refractivity contribution in [3.8, 4) is 16.8 Å². The third kappa shape index (κ3) is 4.09. The summed E-state index contributed by atoms with van der Waals surface area (Å²) in [6.45, 7) is 2.11. The Labute approximate surface area is 190 Å². The molecule has 5 rings (SSSR count). The van der Waals surface area contributed by atoms with Gasteiger partial charge in [-0.15, -0.1) is 11.8 Å². The zero-order valence-electron chi connectivity index (χ0n) is 17.0. The standard InChI is InChI=1S/C26H20ClN3S/c1-18-7-9-19(10-8-18)16-31-26-24-23(20-5-3-2-4-6-20)15-30(25(24)28-17-29-26)22-13-11-21(27)12-14-22/h2-15,17H,16H2,1H3. The van der Waals surface area contributed by atoms with Gasteiger partial charge in [-0.05, 0) is 42.3 Å². The molecule has 2 heterocycles. The number of rotatable bonds is 5. The van der Waals surface area contributed by atoms with Crippen LogP contribution in [0.25, 0.3) is 27.8 Å². The molecule has 0 aliphatic rings. The molecule has 3 nitrogen and oxygen atoms in total. The summed E-state index contributed by atoms with van der Waals surface area (Å²) < 4.78 is 2.12. The zero-order valence-corrected chi connectivity index (χ0v) is 18.6. The van der Waals surface area contributed by atoms with Gasteiger partial charge in [0.2, 0.25) is 0 Å². The Balaban J connectivity index is 1.64. The Morgan fingerprint density at radius 3 is 2.35 bits per heavy atom. The molecule has 2 aromatic heterocycles. The van der Waals surface area contributed by atoms with Gasteiger partial charge in [-0.3, -0.25) is 0 Å². The molecular weight excluding hydrogens is 422 g/mol. The summed E-state index contributed by atoms with van der Waals surface area (Å²) in [4.78, 5) is 9.32. The third-order valence-electron chi connectivity index (χ3n) is 5.23. The first-order valence-corrected chi connectivity index (χ1v) is 11.4. The monoisotopic (exact) mass is 441 g/mol. The van der Waals surface area contributed by atoms with E-state index in [0.29, 0.717) is 5.02 Å². The van der Waals surface area contributed by atoms with Gasteiger partial charge in [0.1, 0.15) is 17.0 Å². The van der Waals surface area contributed by atoms with Gasteiger partial charge in [0.25, 0.3) is 0 Å². The molecule has 0 radical (unpaired) electrons. The van der Waals surface area contributed by atoms with Crippen LogP contribution in [-0.2, 0) is 5.75 Å². The van der Waals surface area contributed by atoms with Gasteiger partial charge in [-0.1, -0.05) is 71.8 Å². The highest BCUT2D eigenvalue weighted by molar-refractivity contribution is 7.98. The van der Waals surface area contributed by atoms with Crippen molar-refractivity contribution in [2.75, 3.05) is 0 Å². The number of aromatic nitrogens is 3. The lowest BCUT2D eigenvalue weighted by Gasteiger charge is -2.07. The minimum Gasteiger partial charge on any atom is -0.301 e. The second-order valence-electron chi connectivity index (χ2n) is 7.41. The van der Waals surface area contributed by atoms with Gasteiger partial charge < -0.3 is 4.57 Å². The van der Waals surface area contributed by atoms with Crippen LogP contribution in [0.3, 0.4) is 0 Å². The molecule has 5 heteroatoms. The lowest BCUT2D eigenvalue weighted by molar-refractivity contribution is 1.04. The van der Waals surface area contributed by atoms with Gasteiger partial charge in [0, 0.05) is 28.2 Å². The van der Waals surface area contributed by atoms with E-state index in [1.807, 2.05) is 30.3 Å². The predicted molar refractivity (Wildman–Crippen MR) is 130 cm³/mol. The van der Waals surface area contributed by atoms with Crippen LogP contribution in [-0.4, -0.2) is 14.5 Å². The fraction of sp³-hybridized carbons (Fsp3) is 0.0769. The molecule has 0 bridgehead atoms. The second-order valence-corrected chi connectivity index (χ2v) is 8.81. The maximum Gasteiger partial charge on any atom is 0.149 e. The van der Waals surface area contributed by atoms with Gasteiger partial charge in [-0.25, -0.2) is 9.97 Å². The van der Waals surface area contributed by atoms with E-state index in [1.54, 1.807) is 18.1 Å². The van der Waals surface area contributed by atoms with Crippen molar-refractivity contribution in [3.63, 3.8) is 0 Å². The topological polar surface area (TPSA) is 30.7 Å². The summed E-state index contributed by atoms with van der Waals surface area (Å²) in [7, 11) is 0. The van der Waals surface area contributed by atoms with Crippen LogP contribution in [0, 0.1) is 6.92 Å². The summed E-state index contributed by atoms with van der Waals surface area (Å²) >= 11 is 7.86.